The van der Waals surface area contributed by atoms with Crippen LogP contribution in [0.4, 0.5) is 16.3 Å². The maximum atomic E-state index is 13.1. The first-order valence-electron chi connectivity index (χ1n) is 21.7. The Kier molecular flexibility index (Phi) is 12.9. The molecule has 1 saturated carbocycles. The molecule has 62 heavy (non-hydrogen) atoms. The lowest BCUT2D eigenvalue weighted by molar-refractivity contribution is -0.144. The summed E-state index contributed by atoms with van der Waals surface area (Å²) in [4.78, 5) is 39.5. The summed E-state index contributed by atoms with van der Waals surface area (Å²) in [5, 5.41) is 20.3. The van der Waals surface area contributed by atoms with Gasteiger partial charge in [0, 0.05) is 34.4 Å². The van der Waals surface area contributed by atoms with E-state index in [1.807, 2.05) is 54.7 Å². The van der Waals surface area contributed by atoms with E-state index < -0.39 is 17.5 Å². The van der Waals surface area contributed by atoms with Crippen molar-refractivity contribution in [3.05, 3.63) is 119 Å². The number of nitrogens with zero attached hydrogens (tertiary/aromatic N) is 3. The van der Waals surface area contributed by atoms with E-state index in [0.29, 0.717) is 72.1 Å². The summed E-state index contributed by atoms with van der Waals surface area (Å²) in [5.41, 5.74) is 4.96. The quantitative estimate of drug-likeness (QED) is 0.0748. The number of hydrogen-bond donors (Lipinski definition) is 4. The smallest absolute Gasteiger partial charge is 0.329 e. The fraction of sp³-hybridized carbons (Fsp3) is 0.408. The summed E-state index contributed by atoms with van der Waals surface area (Å²) in [5.74, 6) is 3.20. The summed E-state index contributed by atoms with van der Waals surface area (Å²) in [6.45, 7) is 5.63. The third kappa shape index (κ3) is 9.16. The van der Waals surface area contributed by atoms with Crippen LogP contribution in [-0.4, -0.2) is 64.5 Å². The zero-order chi connectivity index (χ0) is 43.3. The van der Waals surface area contributed by atoms with Crippen molar-refractivity contribution < 1.29 is 28.9 Å². The molecule has 1 spiro atoms. The summed E-state index contributed by atoms with van der Waals surface area (Å²) < 4.78 is 18.3. The highest BCUT2D eigenvalue weighted by molar-refractivity contribution is 6.30. The second-order valence-electron chi connectivity index (χ2n) is 17.2. The second-order valence-corrected chi connectivity index (χ2v) is 17.6. The van der Waals surface area contributed by atoms with Crippen LogP contribution in [0.15, 0.2) is 91.3 Å². The molecule has 5 aromatic rings. The first-order valence-corrected chi connectivity index (χ1v) is 22.1. The number of aliphatic carboxylic acids is 1. The molecule has 0 aliphatic heterocycles. The van der Waals surface area contributed by atoms with Crippen molar-refractivity contribution in [1.29, 1.82) is 0 Å². The van der Waals surface area contributed by atoms with E-state index in [2.05, 4.69) is 56.9 Å². The average Bonchev–Trinajstić information content (AvgIpc) is 3.56. The highest BCUT2D eigenvalue weighted by Gasteiger charge is 2.54. The maximum Gasteiger partial charge on any atom is 0.329 e. The molecular weight excluding hydrogens is 804 g/mol. The standard InChI is InChI=1S/C49H55ClN6O6/c1-31(30-62-42-16-22-51-40-12-6-8-32(2)44(40)42)26-34-27-33-14-15-37(29-39(33)48(34)18-20-49(21-19-48,46(57)58)56-36-10-7-9-35(50)28-36)61-25-24-53-47(59)55-43-17-23-52-45(54-43)38-11-4-5-13-41(38)60-3/h4-5,7,9-11,13-17,22-23,28-29,31-32,34,56H,6,8,12,18-21,24-27,30H2,1-3H3,(H,57,58)(H2,52,53,54,55,59)/t31-,32-,34+,48?,49?/m1/s1. The Morgan fingerprint density at radius 1 is 0.952 bits per heavy atom. The minimum absolute atomic E-state index is 0.246. The number of aryl methyl sites for hydroxylation is 1. The number of pyridine rings is 1. The van der Waals surface area contributed by atoms with Crippen molar-refractivity contribution in [3.8, 4) is 28.6 Å². The number of ether oxygens (including phenoxy) is 3. The Labute approximate surface area is 368 Å². The van der Waals surface area contributed by atoms with Gasteiger partial charge in [-0.2, -0.15) is 0 Å². The Hall–Kier alpha value is -5.88. The van der Waals surface area contributed by atoms with Crippen molar-refractivity contribution in [2.75, 3.05) is 37.5 Å². The number of fused-ring (bicyclic) bond motifs is 3. The van der Waals surface area contributed by atoms with Gasteiger partial charge < -0.3 is 30.0 Å². The maximum absolute atomic E-state index is 13.1. The number of carbonyl (C=O) groups is 2. The monoisotopic (exact) mass is 858 g/mol. The number of anilines is 2. The second kappa shape index (κ2) is 18.6. The van der Waals surface area contributed by atoms with Crippen molar-refractivity contribution in [2.24, 2.45) is 11.8 Å². The molecule has 8 rings (SSSR count). The van der Waals surface area contributed by atoms with Gasteiger partial charge in [-0.15, -0.1) is 0 Å². The van der Waals surface area contributed by atoms with Gasteiger partial charge in [-0.3, -0.25) is 10.3 Å². The van der Waals surface area contributed by atoms with E-state index in [0.717, 1.165) is 49.1 Å². The van der Waals surface area contributed by atoms with Gasteiger partial charge in [-0.25, -0.2) is 19.6 Å². The van der Waals surface area contributed by atoms with Gasteiger partial charge in [-0.05, 0) is 147 Å². The van der Waals surface area contributed by atoms with E-state index in [1.165, 1.54) is 16.7 Å². The molecule has 2 amide bonds. The van der Waals surface area contributed by atoms with Crippen LogP contribution in [0.3, 0.4) is 0 Å². The molecule has 0 unspecified atom stereocenters. The van der Waals surface area contributed by atoms with Crippen LogP contribution in [-0.2, 0) is 23.1 Å². The van der Waals surface area contributed by atoms with Gasteiger partial charge in [0.1, 0.15) is 35.2 Å². The number of aromatic nitrogens is 3. The molecule has 3 atom stereocenters. The minimum Gasteiger partial charge on any atom is -0.496 e. The molecule has 2 aromatic heterocycles. The fourth-order valence-corrected chi connectivity index (χ4v) is 10.2. The van der Waals surface area contributed by atoms with E-state index >= 15 is 0 Å². The van der Waals surface area contributed by atoms with E-state index in [1.54, 1.807) is 31.5 Å². The van der Waals surface area contributed by atoms with Crippen molar-refractivity contribution in [3.63, 3.8) is 0 Å². The predicted molar refractivity (Wildman–Crippen MR) is 241 cm³/mol. The molecule has 0 saturated heterocycles. The number of amides is 2. The first-order chi connectivity index (χ1) is 30.1. The Morgan fingerprint density at radius 3 is 2.58 bits per heavy atom. The Balaban J connectivity index is 0.948. The van der Waals surface area contributed by atoms with Gasteiger partial charge in [0.05, 0.1) is 25.8 Å². The molecule has 3 aliphatic carbocycles. The van der Waals surface area contributed by atoms with Gasteiger partial charge in [0.2, 0.25) is 0 Å². The lowest BCUT2D eigenvalue weighted by Gasteiger charge is -2.47. The summed E-state index contributed by atoms with van der Waals surface area (Å²) in [6, 6.07) is 24.3. The SMILES string of the molecule is COc1ccccc1-c1nccc(NC(=O)NCCOc2ccc3c(c2)C2(CCC(Nc4cccc(Cl)c4)(C(=O)O)CC2)[C@@H](C[C@@H](C)COc2ccnc4c2[C@H](C)CCC4)C3)n1. The van der Waals surface area contributed by atoms with E-state index in [-0.39, 0.29) is 30.4 Å². The lowest BCUT2D eigenvalue weighted by atomic mass is 9.59. The van der Waals surface area contributed by atoms with E-state index in [4.69, 9.17) is 25.8 Å². The number of rotatable bonds is 15. The topological polar surface area (TPSA) is 157 Å². The predicted octanol–water partition coefficient (Wildman–Crippen LogP) is 9.87. The van der Waals surface area contributed by atoms with Crippen LogP contribution in [0, 0.1) is 11.8 Å². The van der Waals surface area contributed by atoms with Crippen LogP contribution in [0.5, 0.6) is 17.2 Å². The number of carbonyl (C=O) groups excluding carboxylic acids is 1. The van der Waals surface area contributed by atoms with Crippen molar-refractivity contribution >= 4 is 35.1 Å². The molecule has 1 fully saturated rings. The number of nitrogens with one attached hydrogen (secondary N) is 3. The Bertz CT molecular complexity index is 2400. The van der Waals surface area contributed by atoms with Gasteiger partial charge in [0.25, 0.3) is 0 Å². The fourth-order valence-electron chi connectivity index (χ4n) is 10.0. The summed E-state index contributed by atoms with van der Waals surface area (Å²) >= 11 is 6.31. The normalized spacial score (nSPS) is 21.9. The van der Waals surface area contributed by atoms with Crippen LogP contribution in [0.2, 0.25) is 5.02 Å². The average molecular weight is 859 g/mol. The summed E-state index contributed by atoms with van der Waals surface area (Å²) in [6.07, 6.45) is 10.9. The number of methoxy groups -OCH3 is 1. The Morgan fingerprint density at radius 2 is 1.77 bits per heavy atom. The van der Waals surface area contributed by atoms with Crippen LogP contribution in [0.25, 0.3) is 11.4 Å². The number of halogens is 1. The van der Waals surface area contributed by atoms with E-state index in [9.17, 15) is 14.7 Å². The van der Waals surface area contributed by atoms with Crippen molar-refractivity contribution in [1.82, 2.24) is 20.3 Å². The van der Waals surface area contributed by atoms with Gasteiger partial charge in [0.15, 0.2) is 5.82 Å². The zero-order valence-electron chi connectivity index (χ0n) is 35.6. The highest BCUT2D eigenvalue weighted by atomic mass is 35.5. The number of hydrogen-bond acceptors (Lipinski definition) is 9. The number of para-hydroxylation sites is 1. The van der Waals surface area contributed by atoms with Crippen LogP contribution in [0.1, 0.15) is 87.1 Å². The van der Waals surface area contributed by atoms with Crippen LogP contribution >= 0.6 is 11.6 Å². The highest BCUT2D eigenvalue weighted by Crippen LogP contribution is 2.57. The lowest BCUT2D eigenvalue weighted by Crippen LogP contribution is -2.53. The number of carboxylic acids is 1. The molecule has 4 N–H and O–H groups in total. The number of benzene rings is 3. The molecule has 3 aliphatic rings. The molecule has 12 nitrogen and oxygen atoms in total. The first kappa shape index (κ1) is 42.8. The molecule has 13 heteroatoms. The molecule has 3 aromatic carbocycles. The molecular formula is C49H55ClN6O6. The molecule has 0 radical (unpaired) electrons. The summed E-state index contributed by atoms with van der Waals surface area (Å²) in [7, 11) is 1.59. The third-order valence-electron chi connectivity index (χ3n) is 13.2. The number of carboxylic acid groups (broad SMARTS) is 1. The molecule has 0 bridgehead atoms. The number of urea groups is 1. The van der Waals surface area contributed by atoms with Gasteiger partial charge in [-0.1, -0.05) is 49.7 Å². The van der Waals surface area contributed by atoms with Crippen LogP contribution < -0.4 is 30.2 Å². The third-order valence-corrected chi connectivity index (χ3v) is 13.4. The largest absolute Gasteiger partial charge is 0.496 e. The van der Waals surface area contributed by atoms with Gasteiger partial charge >= 0.3 is 12.0 Å². The zero-order valence-corrected chi connectivity index (χ0v) is 36.3. The van der Waals surface area contributed by atoms with Crippen molar-refractivity contribution in [2.45, 2.75) is 88.5 Å². The minimum atomic E-state index is -1.13. The molecule has 324 valence electrons. The molecule has 2 heterocycles.